The zero-order valence-corrected chi connectivity index (χ0v) is 14.0. The van der Waals surface area contributed by atoms with Crippen molar-refractivity contribution >= 4 is 33.6 Å². The van der Waals surface area contributed by atoms with Gasteiger partial charge in [0.1, 0.15) is 11.3 Å². The van der Waals surface area contributed by atoms with E-state index in [1.807, 2.05) is 18.7 Å². The lowest BCUT2D eigenvalue weighted by molar-refractivity contribution is 0.601. The molecule has 2 aromatic rings. The number of nitrogens with zero attached hydrogens (tertiary/aromatic N) is 4. The van der Waals surface area contributed by atoms with Crippen molar-refractivity contribution in [2.24, 2.45) is 7.05 Å². The van der Waals surface area contributed by atoms with Crippen LogP contribution < -0.4 is 0 Å². The maximum atomic E-state index is 11.5. The third-order valence-corrected chi connectivity index (χ3v) is 5.26. The standard InChI is InChI=1S/C13H21ClN4OS/c1-5-10-12-13(17(3)16-10)18(11(8-14)15-12)7-6-9(2)20(4)19/h9H,5-8H2,1-4H3. The molecule has 20 heavy (non-hydrogen) atoms. The molecule has 0 N–H and O–H groups in total. The van der Waals surface area contributed by atoms with Crippen molar-refractivity contribution in [3.8, 4) is 0 Å². The van der Waals surface area contributed by atoms with E-state index < -0.39 is 10.8 Å². The number of imidazole rings is 1. The quantitative estimate of drug-likeness (QED) is 0.768. The highest BCUT2D eigenvalue weighted by atomic mass is 35.5. The van der Waals surface area contributed by atoms with Gasteiger partial charge < -0.3 is 4.57 Å². The summed E-state index contributed by atoms with van der Waals surface area (Å²) in [4.78, 5) is 4.62. The van der Waals surface area contributed by atoms with Gasteiger partial charge in [-0.3, -0.25) is 8.89 Å². The maximum absolute atomic E-state index is 11.5. The Morgan fingerprint density at radius 3 is 2.70 bits per heavy atom. The molecule has 0 fully saturated rings. The Hall–Kier alpha value is -0.880. The molecule has 112 valence electrons. The minimum absolute atomic E-state index is 0.162. The third-order valence-electron chi connectivity index (χ3n) is 3.65. The highest BCUT2D eigenvalue weighted by molar-refractivity contribution is 7.84. The van der Waals surface area contributed by atoms with Gasteiger partial charge in [-0.25, -0.2) is 4.98 Å². The number of aryl methyl sites for hydroxylation is 3. The zero-order chi connectivity index (χ0) is 14.9. The van der Waals surface area contributed by atoms with Crippen LogP contribution in [0.3, 0.4) is 0 Å². The van der Waals surface area contributed by atoms with Crippen molar-refractivity contribution in [3.05, 3.63) is 11.5 Å². The molecule has 0 spiro atoms. The molecule has 2 atom stereocenters. The van der Waals surface area contributed by atoms with E-state index in [2.05, 4.69) is 21.6 Å². The van der Waals surface area contributed by atoms with Crippen molar-refractivity contribution in [1.29, 1.82) is 0 Å². The molecule has 2 aromatic heterocycles. The molecule has 0 saturated carbocycles. The van der Waals surface area contributed by atoms with E-state index in [1.165, 1.54) is 0 Å². The summed E-state index contributed by atoms with van der Waals surface area (Å²) in [7, 11) is 1.12. The highest BCUT2D eigenvalue weighted by Crippen LogP contribution is 2.22. The fraction of sp³-hybridized carbons (Fsp3) is 0.692. The van der Waals surface area contributed by atoms with Crippen molar-refractivity contribution in [3.63, 3.8) is 0 Å². The SMILES string of the molecule is CCc1nn(C)c2c1nc(CCl)n2CCC(C)S(C)=O. The molecule has 0 aromatic carbocycles. The van der Waals surface area contributed by atoms with Crippen molar-refractivity contribution in [1.82, 2.24) is 19.3 Å². The number of hydrogen-bond donors (Lipinski definition) is 0. The fourth-order valence-corrected chi connectivity index (χ4v) is 2.98. The second-order valence-electron chi connectivity index (χ2n) is 5.01. The lowest BCUT2D eigenvalue weighted by atomic mass is 10.3. The summed E-state index contributed by atoms with van der Waals surface area (Å²) in [5.74, 6) is 1.24. The molecular formula is C13H21ClN4OS. The lowest BCUT2D eigenvalue weighted by Gasteiger charge is -2.11. The minimum atomic E-state index is -0.805. The van der Waals surface area contributed by atoms with Crippen LogP contribution in [-0.2, 0) is 36.7 Å². The molecule has 0 bridgehead atoms. The lowest BCUT2D eigenvalue weighted by Crippen LogP contribution is -2.15. The van der Waals surface area contributed by atoms with Gasteiger partial charge in [-0.1, -0.05) is 13.8 Å². The van der Waals surface area contributed by atoms with Gasteiger partial charge >= 0.3 is 0 Å². The third kappa shape index (κ3) is 2.76. The van der Waals surface area contributed by atoms with E-state index in [1.54, 1.807) is 6.26 Å². The summed E-state index contributed by atoms with van der Waals surface area (Å²) in [6.07, 6.45) is 3.44. The number of rotatable bonds is 6. The van der Waals surface area contributed by atoms with Crippen LogP contribution in [0, 0.1) is 0 Å². The van der Waals surface area contributed by atoms with Crippen LogP contribution in [0.25, 0.3) is 11.2 Å². The molecule has 0 amide bonds. The van der Waals surface area contributed by atoms with Gasteiger partial charge in [0.2, 0.25) is 0 Å². The summed E-state index contributed by atoms with van der Waals surface area (Å²) in [6.45, 7) is 4.84. The number of alkyl halides is 1. The van der Waals surface area contributed by atoms with Gasteiger partial charge in [0, 0.05) is 35.9 Å². The van der Waals surface area contributed by atoms with Crippen LogP contribution in [-0.4, -0.2) is 35.0 Å². The fourth-order valence-electron chi connectivity index (χ4n) is 2.34. The van der Waals surface area contributed by atoms with Gasteiger partial charge in [-0.15, -0.1) is 11.6 Å². The van der Waals surface area contributed by atoms with Crippen LogP contribution in [0.15, 0.2) is 0 Å². The largest absolute Gasteiger partial charge is 0.312 e. The molecule has 2 rings (SSSR count). The van der Waals surface area contributed by atoms with E-state index in [4.69, 9.17) is 11.6 Å². The Kier molecular flexibility index (Phi) is 4.86. The van der Waals surface area contributed by atoms with Crippen LogP contribution >= 0.6 is 11.6 Å². The predicted molar refractivity (Wildman–Crippen MR) is 83.6 cm³/mol. The summed E-state index contributed by atoms with van der Waals surface area (Å²) < 4.78 is 15.5. The molecular weight excluding hydrogens is 296 g/mol. The van der Waals surface area contributed by atoms with Crippen molar-refractivity contribution in [2.45, 2.75) is 44.4 Å². The molecule has 0 aliphatic carbocycles. The number of hydrogen-bond acceptors (Lipinski definition) is 3. The van der Waals surface area contributed by atoms with E-state index in [0.717, 1.165) is 42.1 Å². The second-order valence-corrected chi connectivity index (χ2v) is 7.08. The molecule has 2 heterocycles. The first-order valence-electron chi connectivity index (χ1n) is 6.78. The molecule has 0 aliphatic rings. The monoisotopic (exact) mass is 316 g/mol. The Morgan fingerprint density at radius 2 is 2.15 bits per heavy atom. The summed E-state index contributed by atoms with van der Waals surface area (Å²) in [6, 6.07) is 0. The summed E-state index contributed by atoms with van der Waals surface area (Å²) in [5.41, 5.74) is 2.95. The predicted octanol–water partition coefficient (Wildman–Crippen LogP) is 2.23. The first-order chi connectivity index (χ1) is 9.49. The summed E-state index contributed by atoms with van der Waals surface area (Å²) in [5, 5.41) is 4.66. The molecule has 0 saturated heterocycles. The van der Waals surface area contributed by atoms with E-state index >= 15 is 0 Å². The second kappa shape index (κ2) is 6.26. The topological polar surface area (TPSA) is 52.7 Å². The first kappa shape index (κ1) is 15.5. The molecule has 5 nitrogen and oxygen atoms in total. The van der Waals surface area contributed by atoms with E-state index in [-0.39, 0.29) is 5.25 Å². The van der Waals surface area contributed by atoms with Crippen LogP contribution in [0.2, 0.25) is 0 Å². The zero-order valence-electron chi connectivity index (χ0n) is 12.4. The number of aromatic nitrogens is 4. The Labute approximate surface area is 126 Å². The Bertz CT molecular complexity index is 634. The molecule has 0 radical (unpaired) electrons. The van der Waals surface area contributed by atoms with E-state index in [0.29, 0.717) is 5.88 Å². The Morgan fingerprint density at radius 1 is 1.45 bits per heavy atom. The van der Waals surface area contributed by atoms with Crippen LogP contribution in [0.1, 0.15) is 31.8 Å². The van der Waals surface area contributed by atoms with Gasteiger partial charge in [0.25, 0.3) is 0 Å². The number of halogens is 1. The van der Waals surface area contributed by atoms with Crippen molar-refractivity contribution in [2.75, 3.05) is 6.26 Å². The summed E-state index contributed by atoms with van der Waals surface area (Å²) >= 11 is 6.01. The van der Waals surface area contributed by atoms with Gasteiger partial charge in [0.15, 0.2) is 5.65 Å². The average Bonchev–Trinajstić information content (AvgIpc) is 2.93. The maximum Gasteiger partial charge on any atom is 0.158 e. The molecule has 0 aliphatic heterocycles. The average molecular weight is 317 g/mol. The number of fused-ring (bicyclic) bond motifs is 1. The minimum Gasteiger partial charge on any atom is -0.312 e. The molecule has 2 unspecified atom stereocenters. The van der Waals surface area contributed by atoms with E-state index in [9.17, 15) is 4.21 Å². The van der Waals surface area contributed by atoms with Crippen LogP contribution in [0.4, 0.5) is 0 Å². The smallest absolute Gasteiger partial charge is 0.158 e. The normalized spacial score (nSPS) is 14.8. The first-order valence-corrected chi connectivity index (χ1v) is 8.94. The van der Waals surface area contributed by atoms with Gasteiger partial charge in [-0.2, -0.15) is 5.10 Å². The van der Waals surface area contributed by atoms with Crippen molar-refractivity contribution < 1.29 is 4.21 Å². The van der Waals surface area contributed by atoms with Gasteiger partial charge in [0.05, 0.1) is 11.6 Å². The van der Waals surface area contributed by atoms with Gasteiger partial charge in [-0.05, 0) is 12.8 Å². The Balaban J connectivity index is 2.40. The highest BCUT2D eigenvalue weighted by Gasteiger charge is 2.18. The molecule has 7 heteroatoms. The van der Waals surface area contributed by atoms with Crippen LogP contribution in [0.5, 0.6) is 0 Å².